The first-order valence-corrected chi connectivity index (χ1v) is 6.11. The van der Waals surface area contributed by atoms with Crippen LogP contribution in [0.2, 0.25) is 5.02 Å². The van der Waals surface area contributed by atoms with E-state index in [1.165, 1.54) is 6.07 Å². The highest BCUT2D eigenvalue weighted by Crippen LogP contribution is 2.23. The molecule has 1 aliphatic rings. The summed E-state index contributed by atoms with van der Waals surface area (Å²) in [5, 5.41) is 2.79. The highest BCUT2D eigenvalue weighted by molar-refractivity contribution is 6.34. The molecule has 1 aliphatic heterocycles. The number of amides is 3. The molecule has 0 unspecified atom stereocenters. The van der Waals surface area contributed by atoms with Crippen LogP contribution in [0.15, 0.2) is 18.2 Å². The Morgan fingerprint density at radius 3 is 2.60 bits per heavy atom. The number of morpholine rings is 1. The molecular weight excluding hydrogens is 286 g/mol. The van der Waals surface area contributed by atoms with E-state index in [-0.39, 0.29) is 24.8 Å². The minimum absolute atomic E-state index is 0.207. The number of nitrogen functional groups attached to an aromatic ring is 1. The van der Waals surface area contributed by atoms with Crippen molar-refractivity contribution in [2.45, 2.75) is 0 Å². The number of nitrogens with one attached hydrogen (secondary N) is 1. The lowest BCUT2D eigenvalue weighted by molar-refractivity contribution is -0.159. The third-order valence-corrected chi connectivity index (χ3v) is 2.93. The van der Waals surface area contributed by atoms with Crippen LogP contribution in [0.1, 0.15) is 0 Å². The van der Waals surface area contributed by atoms with E-state index in [0.29, 0.717) is 11.4 Å². The molecule has 1 fully saturated rings. The van der Waals surface area contributed by atoms with Crippen molar-refractivity contribution in [1.82, 2.24) is 4.90 Å². The van der Waals surface area contributed by atoms with Crippen LogP contribution < -0.4 is 11.1 Å². The fourth-order valence-electron chi connectivity index (χ4n) is 1.66. The SMILES string of the molecule is Nc1ccc(NC(=O)CN2C(=O)COCC2=O)c(Cl)c1. The van der Waals surface area contributed by atoms with E-state index >= 15 is 0 Å². The van der Waals surface area contributed by atoms with Gasteiger partial charge in [-0.25, -0.2) is 0 Å². The summed E-state index contributed by atoms with van der Waals surface area (Å²) in [6.07, 6.45) is 0. The zero-order valence-electron chi connectivity index (χ0n) is 10.4. The van der Waals surface area contributed by atoms with Gasteiger partial charge in [0, 0.05) is 5.69 Å². The molecule has 0 radical (unpaired) electrons. The Morgan fingerprint density at radius 2 is 2.00 bits per heavy atom. The molecule has 0 saturated carbocycles. The van der Waals surface area contributed by atoms with Gasteiger partial charge >= 0.3 is 0 Å². The van der Waals surface area contributed by atoms with Crippen molar-refractivity contribution in [1.29, 1.82) is 0 Å². The van der Waals surface area contributed by atoms with Crippen molar-refractivity contribution < 1.29 is 19.1 Å². The van der Waals surface area contributed by atoms with Gasteiger partial charge in [0.15, 0.2) is 0 Å². The molecule has 2 rings (SSSR count). The van der Waals surface area contributed by atoms with Crippen LogP contribution in [0, 0.1) is 0 Å². The predicted molar refractivity (Wildman–Crippen MR) is 72.0 cm³/mol. The molecule has 3 amide bonds. The van der Waals surface area contributed by atoms with E-state index in [2.05, 4.69) is 5.32 Å². The van der Waals surface area contributed by atoms with Crippen molar-refractivity contribution in [3.63, 3.8) is 0 Å². The van der Waals surface area contributed by atoms with Gasteiger partial charge < -0.3 is 15.8 Å². The number of ether oxygens (including phenoxy) is 1. The van der Waals surface area contributed by atoms with Crippen molar-refractivity contribution >= 4 is 40.7 Å². The second kappa shape index (κ2) is 5.89. The molecule has 1 aromatic carbocycles. The average Bonchev–Trinajstić information content (AvgIpc) is 2.37. The van der Waals surface area contributed by atoms with Crippen LogP contribution >= 0.6 is 11.6 Å². The number of hydrogen-bond donors (Lipinski definition) is 2. The monoisotopic (exact) mass is 297 g/mol. The summed E-state index contributed by atoms with van der Waals surface area (Å²) in [5.41, 5.74) is 6.36. The lowest BCUT2D eigenvalue weighted by atomic mass is 10.3. The number of anilines is 2. The highest BCUT2D eigenvalue weighted by atomic mass is 35.5. The van der Waals surface area contributed by atoms with Crippen LogP contribution in [0.4, 0.5) is 11.4 Å². The molecule has 3 N–H and O–H groups in total. The molecule has 0 aliphatic carbocycles. The first-order valence-electron chi connectivity index (χ1n) is 5.73. The highest BCUT2D eigenvalue weighted by Gasteiger charge is 2.28. The number of imide groups is 1. The van der Waals surface area contributed by atoms with E-state index in [1.54, 1.807) is 12.1 Å². The molecule has 0 spiro atoms. The summed E-state index contributed by atoms with van der Waals surface area (Å²) in [6.45, 7) is -0.787. The quantitative estimate of drug-likeness (QED) is 0.615. The van der Waals surface area contributed by atoms with Gasteiger partial charge in [-0.3, -0.25) is 19.3 Å². The summed E-state index contributed by atoms with van der Waals surface area (Å²) in [7, 11) is 0. The first-order chi connectivity index (χ1) is 9.47. The van der Waals surface area contributed by atoms with Gasteiger partial charge in [-0.15, -0.1) is 0 Å². The van der Waals surface area contributed by atoms with Gasteiger partial charge in [-0.2, -0.15) is 0 Å². The molecule has 1 saturated heterocycles. The summed E-state index contributed by atoms with van der Waals surface area (Å²) in [5.74, 6) is -1.61. The summed E-state index contributed by atoms with van der Waals surface area (Å²) < 4.78 is 4.75. The lowest BCUT2D eigenvalue weighted by Gasteiger charge is -2.24. The number of hydrogen-bond acceptors (Lipinski definition) is 5. The molecule has 20 heavy (non-hydrogen) atoms. The Hall–Kier alpha value is -2.12. The van der Waals surface area contributed by atoms with Gasteiger partial charge in [0.2, 0.25) is 5.91 Å². The molecule has 0 aromatic heterocycles. The third kappa shape index (κ3) is 3.25. The van der Waals surface area contributed by atoms with Gasteiger partial charge in [0.1, 0.15) is 19.8 Å². The number of carbonyl (C=O) groups excluding carboxylic acids is 3. The topological polar surface area (TPSA) is 102 Å². The summed E-state index contributed by atoms with van der Waals surface area (Å²) >= 11 is 5.91. The third-order valence-electron chi connectivity index (χ3n) is 2.62. The summed E-state index contributed by atoms with van der Waals surface area (Å²) in [6, 6.07) is 4.60. The number of benzene rings is 1. The number of carbonyl (C=O) groups is 3. The van der Waals surface area contributed by atoms with Crippen LogP contribution in [-0.4, -0.2) is 42.4 Å². The molecule has 106 valence electrons. The Kier molecular flexibility index (Phi) is 4.21. The normalized spacial score (nSPS) is 15.3. The van der Waals surface area contributed by atoms with E-state index in [1.807, 2.05) is 0 Å². The second-order valence-electron chi connectivity index (χ2n) is 4.15. The van der Waals surface area contributed by atoms with Gasteiger partial charge in [0.25, 0.3) is 11.8 Å². The molecule has 7 nitrogen and oxygen atoms in total. The summed E-state index contributed by atoms with van der Waals surface area (Å²) in [4.78, 5) is 35.6. The van der Waals surface area contributed by atoms with E-state index in [0.717, 1.165) is 4.90 Å². The first kappa shape index (κ1) is 14.3. The van der Waals surface area contributed by atoms with Gasteiger partial charge in [-0.05, 0) is 18.2 Å². The predicted octanol–water partition coefficient (Wildman–Crippen LogP) is 0.246. The molecular formula is C12H12ClN3O4. The largest absolute Gasteiger partial charge is 0.399 e. The maximum atomic E-state index is 11.8. The zero-order chi connectivity index (χ0) is 14.7. The van der Waals surface area contributed by atoms with Crippen molar-refractivity contribution in [2.24, 2.45) is 0 Å². The number of rotatable bonds is 3. The maximum Gasteiger partial charge on any atom is 0.255 e. The van der Waals surface area contributed by atoms with Gasteiger partial charge in [0.05, 0.1) is 10.7 Å². The Morgan fingerprint density at radius 1 is 1.35 bits per heavy atom. The second-order valence-corrected chi connectivity index (χ2v) is 4.56. The minimum Gasteiger partial charge on any atom is -0.399 e. The molecule has 0 atom stereocenters. The van der Waals surface area contributed by atoms with Crippen LogP contribution in [0.5, 0.6) is 0 Å². The lowest BCUT2D eigenvalue weighted by Crippen LogP contribution is -2.49. The number of nitrogens with two attached hydrogens (primary N) is 1. The Balaban J connectivity index is 2.01. The Labute approximate surface area is 119 Å². The van der Waals surface area contributed by atoms with Crippen LogP contribution in [0.3, 0.4) is 0 Å². The number of nitrogens with zero attached hydrogens (tertiary/aromatic N) is 1. The van der Waals surface area contributed by atoms with E-state index < -0.39 is 17.7 Å². The van der Waals surface area contributed by atoms with Crippen LogP contribution in [0.25, 0.3) is 0 Å². The van der Waals surface area contributed by atoms with Crippen LogP contribution in [-0.2, 0) is 19.1 Å². The fourth-order valence-corrected chi connectivity index (χ4v) is 1.90. The standard InChI is InChI=1S/C12H12ClN3O4/c13-8-3-7(14)1-2-9(8)15-10(17)4-16-11(18)5-20-6-12(16)19/h1-3H,4-6,14H2,(H,15,17). The average molecular weight is 298 g/mol. The zero-order valence-corrected chi connectivity index (χ0v) is 11.1. The smallest absolute Gasteiger partial charge is 0.255 e. The Bertz CT molecular complexity index is 560. The maximum absolute atomic E-state index is 11.8. The number of halogens is 1. The minimum atomic E-state index is -0.542. The molecule has 1 heterocycles. The fraction of sp³-hybridized carbons (Fsp3) is 0.250. The van der Waals surface area contributed by atoms with Crippen molar-refractivity contribution in [2.75, 3.05) is 30.8 Å². The van der Waals surface area contributed by atoms with Gasteiger partial charge in [-0.1, -0.05) is 11.6 Å². The van der Waals surface area contributed by atoms with Crippen molar-refractivity contribution in [3.05, 3.63) is 23.2 Å². The van der Waals surface area contributed by atoms with Crippen molar-refractivity contribution in [3.8, 4) is 0 Å². The van der Waals surface area contributed by atoms with E-state index in [9.17, 15) is 14.4 Å². The molecule has 1 aromatic rings. The van der Waals surface area contributed by atoms with E-state index in [4.69, 9.17) is 22.1 Å². The molecule has 0 bridgehead atoms. The molecule has 8 heteroatoms.